The maximum Gasteiger partial charge on any atom is 0.302 e. The van der Waals surface area contributed by atoms with E-state index in [0.717, 1.165) is 19.3 Å². The smallest absolute Gasteiger partial charge is 0.302 e. The molecule has 3 saturated carbocycles. The summed E-state index contributed by atoms with van der Waals surface area (Å²) in [5.41, 5.74) is -0.686. The molecule has 0 aromatic rings. The summed E-state index contributed by atoms with van der Waals surface area (Å²) in [7, 11) is 0. The van der Waals surface area contributed by atoms with Crippen LogP contribution in [0, 0.1) is 28.1 Å². The first-order valence-electron chi connectivity index (χ1n) is 8.16. The van der Waals surface area contributed by atoms with Crippen molar-refractivity contribution >= 4 is 5.97 Å². The van der Waals surface area contributed by atoms with Crippen LogP contribution in [-0.4, -0.2) is 35.0 Å². The predicted molar refractivity (Wildman–Crippen MR) is 78.4 cm³/mol. The molecule has 0 saturated heterocycles. The highest BCUT2D eigenvalue weighted by molar-refractivity contribution is 5.66. The molecule has 3 aliphatic rings. The predicted octanol–water partition coefficient (Wildman–Crippen LogP) is 2.12. The van der Waals surface area contributed by atoms with E-state index in [-0.39, 0.29) is 29.3 Å². The van der Waals surface area contributed by atoms with Gasteiger partial charge in [0.25, 0.3) is 0 Å². The second kappa shape index (κ2) is 4.45. The summed E-state index contributed by atoms with van der Waals surface area (Å²) in [6.07, 6.45) is 2.46. The van der Waals surface area contributed by atoms with Gasteiger partial charge in [-0.25, -0.2) is 0 Å². The lowest BCUT2D eigenvalue weighted by Crippen LogP contribution is -2.52. The Balaban J connectivity index is 1.98. The molecular weight excluding hydrogens is 268 g/mol. The maximum absolute atomic E-state index is 11.3. The molecule has 2 unspecified atom stereocenters. The third kappa shape index (κ3) is 1.84. The number of esters is 1. The second-order valence-corrected chi connectivity index (χ2v) is 8.35. The lowest BCUT2D eigenvalue weighted by molar-refractivity contribution is -0.162. The van der Waals surface area contributed by atoms with E-state index in [4.69, 9.17) is 4.74 Å². The minimum absolute atomic E-state index is 0.164. The molecule has 0 spiro atoms. The zero-order chi connectivity index (χ0) is 15.6. The molecule has 4 nitrogen and oxygen atoms in total. The van der Waals surface area contributed by atoms with E-state index >= 15 is 0 Å². The molecule has 2 N–H and O–H groups in total. The third-order valence-corrected chi connectivity index (χ3v) is 7.29. The van der Waals surface area contributed by atoms with Crippen LogP contribution in [0.15, 0.2) is 0 Å². The minimum atomic E-state index is -0.499. The summed E-state index contributed by atoms with van der Waals surface area (Å²) in [6, 6.07) is 0. The molecule has 0 aromatic carbocycles. The van der Waals surface area contributed by atoms with Gasteiger partial charge < -0.3 is 14.9 Å². The van der Waals surface area contributed by atoms with Crippen LogP contribution >= 0.6 is 0 Å². The molecule has 3 aliphatic carbocycles. The molecule has 3 rings (SSSR count). The number of aliphatic hydroxyl groups is 2. The average Bonchev–Trinajstić information content (AvgIpc) is 2.88. The van der Waals surface area contributed by atoms with Gasteiger partial charge in [-0.3, -0.25) is 4.79 Å². The van der Waals surface area contributed by atoms with Crippen molar-refractivity contribution < 1.29 is 19.7 Å². The quantitative estimate of drug-likeness (QED) is 0.766. The fourth-order valence-electron chi connectivity index (χ4n) is 5.55. The van der Waals surface area contributed by atoms with E-state index in [0.29, 0.717) is 12.3 Å². The fourth-order valence-corrected chi connectivity index (χ4v) is 5.55. The lowest BCUT2D eigenvalue weighted by Gasteiger charge is -2.47. The highest BCUT2D eigenvalue weighted by Gasteiger charge is 2.72. The van der Waals surface area contributed by atoms with Crippen LogP contribution < -0.4 is 0 Å². The van der Waals surface area contributed by atoms with E-state index in [1.165, 1.54) is 6.92 Å². The number of carbonyl (C=O) groups is 1. The summed E-state index contributed by atoms with van der Waals surface area (Å²) < 4.78 is 5.35. The largest absolute Gasteiger partial charge is 0.465 e. The topological polar surface area (TPSA) is 66.8 Å². The highest BCUT2D eigenvalue weighted by Crippen LogP contribution is 2.72. The van der Waals surface area contributed by atoms with Crippen molar-refractivity contribution in [2.24, 2.45) is 28.1 Å². The summed E-state index contributed by atoms with van der Waals surface area (Å²) >= 11 is 0. The van der Waals surface area contributed by atoms with Crippen LogP contribution in [0.3, 0.4) is 0 Å². The number of hydrogen-bond donors (Lipinski definition) is 2. The Labute approximate surface area is 126 Å². The number of carbonyl (C=O) groups excluding carboxylic acids is 1. The first-order chi connectivity index (χ1) is 9.67. The van der Waals surface area contributed by atoms with Crippen molar-refractivity contribution in [2.75, 3.05) is 6.61 Å². The van der Waals surface area contributed by atoms with Crippen molar-refractivity contribution in [1.82, 2.24) is 0 Å². The monoisotopic (exact) mass is 296 g/mol. The van der Waals surface area contributed by atoms with Crippen LogP contribution in [0.25, 0.3) is 0 Å². The van der Waals surface area contributed by atoms with Gasteiger partial charge in [-0.05, 0) is 42.9 Å². The number of rotatable bonds is 2. The molecule has 6 atom stereocenters. The number of hydrogen-bond acceptors (Lipinski definition) is 4. The van der Waals surface area contributed by atoms with E-state index in [1.807, 2.05) is 0 Å². The normalized spacial score (nSPS) is 50.8. The molecular formula is C17H28O4. The number of fused-ring (bicyclic) bond motifs is 2. The Morgan fingerprint density at radius 2 is 1.86 bits per heavy atom. The standard InChI is InChI=1S/C17H28O4/c1-10(18)21-9-17-8-6-12(19)16(17,4)7-5-11-13(14(17)20)15(11,2)3/h11-14,19-20H,5-9H2,1-4H3/t11?,12-,13?,14-,16+,17-/m0/s1. The first-order valence-corrected chi connectivity index (χ1v) is 8.16. The Morgan fingerprint density at radius 3 is 2.48 bits per heavy atom. The number of aliphatic hydroxyl groups excluding tert-OH is 2. The van der Waals surface area contributed by atoms with Crippen molar-refractivity contribution in [1.29, 1.82) is 0 Å². The van der Waals surface area contributed by atoms with E-state index in [1.54, 1.807) is 0 Å². The first kappa shape index (κ1) is 15.3. The summed E-state index contributed by atoms with van der Waals surface area (Å²) in [6.45, 7) is 8.16. The molecule has 0 heterocycles. The molecule has 0 aromatic heterocycles. The van der Waals surface area contributed by atoms with Crippen LogP contribution in [0.4, 0.5) is 0 Å². The highest BCUT2D eigenvalue weighted by atomic mass is 16.5. The second-order valence-electron chi connectivity index (χ2n) is 8.35. The van der Waals surface area contributed by atoms with E-state index in [2.05, 4.69) is 20.8 Å². The molecule has 120 valence electrons. The van der Waals surface area contributed by atoms with Gasteiger partial charge in [0.1, 0.15) is 0 Å². The van der Waals surface area contributed by atoms with Crippen LogP contribution in [0.2, 0.25) is 0 Å². The molecule has 0 aliphatic heterocycles. The minimum Gasteiger partial charge on any atom is -0.465 e. The van der Waals surface area contributed by atoms with Gasteiger partial charge in [0.05, 0.1) is 18.8 Å². The molecule has 0 amide bonds. The fraction of sp³-hybridized carbons (Fsp3) is 0.941. The zero-order valence-electron chi connectivity index (χ0n) is 13.6. The van der Waals surface area contributed by atoms with Gasteiger partial charge >= 0.3 is 5.97 Å². The van der Waals surface area contributed by atoms with Gasteiger partial charge in [0.15, 0.2) is 0 Å². The van der Waals surface area contributed by atoms with E-state index in [9.17, 15) is 15.0 Å². The van der Waals surface area contributed by atoms with Crippen LogP contribution in [-0.2, 0) is 9.53 Å². The molecule has 4 heteroatoms. The van der Waals surface area contributed by atoms with Crippen LogP contribution in [0.1, 0.15) is 53.4 Å². The Hall–Kier alpha value is -0.610. The Kier molecular flexibility index (Phi) is 3.24. The van der Waals surface area contributed by atoms with E-state index < -0.39 is 17.6 Å². The van der Waals surface area contributed by atoms with Crippen molar-refractivity contribution in [3.63, 3.8) is 0 Å². The molecule has 3 fully saturated rings. The summed E-state index contributed by atoms with van der Waals surface area (Å²) in [5, 5.41) is 21.7. The van der Waals surface area contributed by atoms with Crippen molar-refractivity contribution in [3.05, 3.63) is 0 Å². The molecule has 21 heavy (non-hydrogen) atoms. The average molecular weight is 296 g/mol. The SMILES string of the molecule is CC(=O)OC[C@]12CC[C@H](O)[C@@]1(C)CCC1C([C@@H]2O)C1(C)C. The van der Waals surface area contributed by atoms with Crippen LogP contribution in [0.5, 0.6) is 0 Å². The van der Waals surface area contributed by atoms with Gasteiger partial charge in [0.2, 0.25) is 0 Å². The zero-order valence-corrected chi connectivity index (χ0v) is 13.6. The van der Waals surface area contributed by atoms with Gasteiger partial charge in [0, 0.05) is 17.8 Å². The number of ether oxygens (including phenoxy) is 1. The van der Waals surface area contributed by atoms with Crippen molar-refractivity contribution in [2.45, 2.75) is 65.6 Å². The maximum atomic E-state index is 11.3. The summed E-state index contributed by atoms with van der Waals surface area (Å²) in [4.78, 5) is 11.3. The van der Waals surface area contributed by atoms with Gasteiger partial charge in [-0.2, -0.15) is 0 Å². The summed E-state index contributed by atoms with van der Waals surface area (Å²) in [5.74, 6) is 0.479. The van der Waals surface area contributed by atoms with Crippen molar-refractivity contribution in [3.8, 4) is 0 Å². The van der Waals surface area contributed by atoms with Gasteiger partial charge in [-0.1, -0.05) is 20.8 Å². The Morgan fingerprint density at radius 1 is 1.19 bits per heavy atom. The molecule has 0 radical (unpaired) electrons. The van der Waals surface area contributed by atoms with Gasteiger partial charge in [-0.15, -0.1) is 0 Å². The third-order valence-electron chi connectivity index (χ3n) is 7.29. The Bertz CT molecular complexity index is 460. The molecule has 0 bridgehead atoms. The lowest BCUT2D eigenvalue weighted by atomic mass is 9.60.